The predicted molar refractivity (Wildman–Crippen MR) is 209 cm³/mol. The number of nitrogens with zero attached hydrogens (tertiary/aromatic N) is 6. The maximum atomic E-state index is 13.5. The number of imide groups is 1. The lowest BCUT2D eigenvalue weighted by molar-refractivity contribution is -0.141. The molecule has 5 amide bonds. The Bertz CT molecular complexity index is 2200. The fourth-order valence-electron chi connectivity index (χ4n) is 8.00. The molecular formula is C41H47F3N8O6. The number of amides is 5. The highest BCUT2D eigenvalue weighted by Crippen LogP contribution is 2.35. The number of fused-ring (bicyclic) bond motifs is 1. The van der Waals surface area contributed by atoms with Gasteiger partial charge in [0.15, 0.2) is 0 Å². The highest BCUT2D eigenvalue weighted by atomic mass is 19.4. The second-order valence-corrected chi connectivity index (χ2v) is 15.7. The van der Waals surface area contributed by atoms with Crippen LogP contribution >= 0.6 is 0 Å². The molecule has 0 aliphatic carbocycles. The van der Waals surface area contributed by atoms with Gasteiger partial charge in [0.05, 0.1) is 30.0 Å². The minimum absolute atomic E-state index is 0.103. The highest BCUT2D eigenvalue weighted by molar-refractivity contribution is 6.07. The molecule has 4 aromatic rings. The first-order valence-electron chi connectivity index (χ1n) is 19.5. The highest BCUT2D eigenvalue weighted by Gasteiger charge is 2.34. The van der Waals surface area contributed by atoms with Gasteiger partial charge in [-0.25, -0.2) is 9.78 Å². The SMILES string of the molecule is COc1ccc(C(=O)N2CCC(CCN3CCC(n4cc5cc(NC(=O)c6cccc(C(F)(F)F)n6)c(C(C)(C)O)cc5n4)CC3)CC2)cc1N1CCC(=O)NC1=O. The predicted octanol–water partition coefficient (Wildman–Crippen LogP) is 5.96. The summed E-state index contributed by atoms with van der Waals surface area (Å²) in [6.07, 6.45) is 1.94. The van der Waals surface area contributed by atoms with Crippen LogP contribution in [0.2, 0.25) is 0 Å². The minimum Gasteiger partial charge on any atom is -0.495 e. The number of likely N-dealkylation sites (tertiary alicyclic amines) is 2. The topological polar surface area (TPSA) is 162 Å². The van der Waals surface area contributed by atoms with Gasteiger partial charge in [-0.15, -0.1) is 0 Å². The quantitative estimate of drug-likeness (QED) is 0.176. The van der Waals surface area contributed by atoms with Gasteiger partial charge in [0.25, 0.3) is 11.8 Å². The molecule has 308 valence electrons. The number of nitrogens with one attached hydrogen (secondary N) is 2. The lowest BCUT2D eigenvalue weighted by Gasteiger charge is -2.35. The van der Waals surface area contributed by atoms with Crippen molar-refractivity contribution < 1.29 is 42.2 Å². The van der Waals surface area contributed by atoms with Crippen molar-refractivity contribution in [2.45, 2.75) is 70.2 Å². The van der Waals surface area contributed by atoms with Crippen LogP contribution in [0.4, 0.5) is 29.3 Å². The Morgan fingerprint density at radius 2 is 1.72 bits per heavy atom. The molecule has 0 radical (unpaired) electrons. The molecule has 0 saturated carbocycles. The number of carbonyl (C=O) groups excluding carboxylic acids is 4. The Kier molecular flexibility index (Phi) is 11.5. The summed E-state index contributed by atoms with van der Waals surface area (Å²) in [6, 6.07) is 11.1. The molecule has 17 heteroatoms. The van der Waals surface area contributed by atoms with E-state index in [1.807, 2.05) is 15.8 Å². The molecule has 58 heavy (non-hydrogen) atoms. The van der Waals surface area contributed by atoms with Crippen molar-refractivity contribution in [1.29, 1.82) is 0 Å². The summed E-state index contributed by atoms with van der Waals surface area (Å²) >= 11 is 0. The number of ether oxygens (including phenoxy) is 1. The zero-order valence-corrected chi connectivity index (χ0v) is 32.6. The molecule has 0 unspecified atom stereocenters. The molecular weight excluding hydrogens is 757 g/mol. The van der Waals surface area contributed by atoms with Crippen LogP contribution in [0.15, 0.2) is 54.7 Å². The van der Waals surface area contributed by atoms with Crippen molar-refractivity contribution in [3.8, 4) is 5.75 Å². The lowest BCUT2D eigenvalue weighted by Crippen LogP contribution is -2.49. The van der Waals surface area contributed by atoms with Gasteiger partial charge in [0.2, 0.25) is 5.91 Å². The number of hydrogen-bond donors (Lipinski definition) is 3. The van der Waals surface area contributed by atoms with Crippen molar-refractivity contribution in [1.82, 2.24) is 29.9 Å². The van der Waals surface area contributed by atoms with Crippen LogP contribution in [0.5, 0.6) is 5.75 Å². The lowest BCUT2D eigenvalue weighted by atomic mass is 9.92. The number of urea groups is 1. The molecule has 5 heterocycles. The molecule has 3 aliphatic heterocycles. The Morgan fingerprint density at radius 1 is 0.983 bits per heavy atom. The number of carbonyl (C=O) groups is 4. The molecule has 0 bridgehead atoms. The van der Waals surface area contributed by atoms with Crippen LogP contribution in [0.1, 0.15) is 90.5 Å². The molecule has 3 aliphatic rings. The second-order valence-electron chi connectivity index (χ2n) is 15.7. The number of rotatable bonds is 10. The molecule has 2 aromatic carbocycles. The molecule has 14 nitrogen and oxygen atoms in total. The zero-order chi connectivity index (χ0) is 41.4. The summed E-state index contributed by atoms with van der Waals surface area (Å²) in [6.45, 7) is 7.34. The van der Waals surface area contributed by atoms with Crippen molar-refractivity contribution in [3.63, 3.8) is 0 Å². The molecule has 3 saturated heterocycles. The number of methoxy groups -OCH3 is 1. The van der Waals surface area contributed by atoms with Gasteiger partial charge in [-0.2, -0.15) is 18.3 Å². The van der Waals surface area contributed by atoms with E-state index in [2.05, 4.69) is 20.5 Å². The van der Waals surface area contributed by atoms with Gasteiger partial charge in [-0.1, -0.05) is 6.07 Å². The normalized spacial score (nSPS) is 17.8. The van der Waals surface area contributed by atoms with Crippen molar-refractivity contribution >= 4 is 46.0 Å². The van der Waals surface area contributed by atoms with E-state index >= 15 is 0 Å². The maximum Gasteiger partial charge on any atom is 0.433 e. The van der Waals surface area contributed by atoms with Gasteiger partial charge in [0.1, 0.15) is 17.1 Å². The first-order valence-corrected chi connectivity index (χ1v) is 19.5. The van der Waals surface area contributed by atoms with E-state index in [0.29, 0.717) is 52.5 Å². The molecule has 3 N–H and O–H groups in total. The summed E-state index contributed by atoms with van der Waals surface area (Å²) in [7, 11) is 1.50. The summed E-state index contributed by atoms with van der Waals surface area (Å²) in [4.78, 5) is 60.0. The number of benzene rings is 2. The van der Waals surface area contributed by atoms with Gasteiger partial charge < -0.3 is 25.0 Å². The number of halogens is 3. The molecule has 3 fully saturated rings. The van der Waals surface area contributed by atoms with Crippen LogP contribution in [0.25, 0.3) is 10.9 Å². The smallest absolute Gasteiger partial charge is 0.433 e. The summed E-state index contributed by atoms with van der Waals surface area (Å²) in [5.74, 6) is -0.337. The Balaban J connectivity index is 0.916. The Labute approximate surface area is 333 Å². The minimum atomic E-state index is -4.70. The van der Waals surface area contributed by atoms with E-state index in [1.165, 1.54) is 18.1 Å². The first-order chi connectivity index (χ1) is 27.6. The summed E-state index contributed by atoms with van der Waals surface area (Å²) in [5.41, 5.74) is -0.799. The van der Waals surface area contributed by atoms with Crippen LogP contribution in [0, 0.1) is 5.92 Å². The third-order valence-electron chi connectivity index (χ3n) is 11.3. The van der Waals surface area contributed by atoms with Crippen LogP contribution in [0.3, 0.4) is 0 Å². The Morgan fingerprint density at radius 3 is 2.40 bits per heavy atom. The summed E-state index contributed by atoms with van der Waals surface area (Å²) < 4.78 is 47.1. The van der Waals surface area contributed by atoms with Gasteiger partial charge in [0, 0.05) is 67.5 Å². The number of alkyl halides is 3. The number of pyridine rings is 1. The number of aromatic nitrogens is 3. The van der Waals surface area contributed by atoms with Gasteiger partial charge in [-0.3, -0.25) is 29.3 Å². The van der Waals surface area contributed by atoms with E-state index in [9.17, 15) is 37.5 Å². The van der Waals surface area contributed by atoms with E-state index in [4.69, 9.17) is 9.84 Å². The van der Waals surface area contributed by atoms with Crippen LogP contribution in [-0.4, -0.2) is 99.8 Å². The molecule has 7 rings (SSSR count). The molecule has 0 spiro atoms. The first kappa shape index (κ1) is 40.6. The Hall–Kier alpha value is -5.55. The second kappa shape index (κ2) is 16.4. The number of hydrogen-bond acceptors (Lipinski definition) is 9. The maximum absolute atomic E-state index is 13.5. The van der Waals surface area contributed by atoms with Crippen molar-refractivity contribution in [2.75, 3.05) is 56.6 Å². The fraction of sp³-hybridized carbons (Fsp3) is 0.463. The zero-order valence-electron chi connectivity index (χ0n) is 32.6. The summed E-state index contributed by atoms with van der Waals surface area (Å²) in [5, 5.41) is 21.5. The fourth-order valence-corrected chi connectivity index (χ4v) is 8.00. The van der Waals surface area contributed by atoms with Crippen LogP contribution in [-0.2, 0) is 16.6 Å². The monoisotopic (exact) mass is 804 g/mol. The van der Waals surface area contributed by atoms with E-state index in [-0.39, 0.29) is 36.5 Å². The third kappa shape index (κ3) is 8.94. The standard InChI is InChI=1S/C41H47F3N8O6/c1-40(2,57)29-23-31-27(21-32(29)46-37(54)30-5-4-6-35(45-30)41(42,43)44)24-52(48-31)28-12-16-49(17-13-28)15-9-25-10-18-50(19-11-25)38(55)26-7-8-34(58-3)33(22-26)51-20-14-36(53)47-39(51)56/h4-8,21-25,28,57H,9-20H2,1-3H3,(H,46,54)(H,47,53,56). The molecule has 0 atom stereocenters. The number of anilines is 2. The van der Waals surface area contributed by atoms with E-state index < -0.39 is 35.1 Å². The van der Waals surface area contributed by atoms with E-state index in [0.717, 1.165) is 63.9 Å². The van der Waals surface area contributed by atoms with E-state index in [1.54, 1.807) is 44.2 Å². The van der Waals surface area contributed by atoms with Crippen molar-refractivity contribution in [3.05, 3.63) is 77.2 Å². The van der Waals surface area contributed by atoms with Gasteiger partial charge >= 0.3 is 12.2 Å². The number of piperidine rings is 2. The average Bonchev–Trinajstić information content (AvgIpc) is 3.62. The number of aliphatic hydroxyl groups is 1. The van der Waals surface area contributed by atoms with Gasteiger partial charge in [-0.05, 0) is 101 Å². The average molecular weight is 805 g/mol. The van der Waals surface area contributed by atoms with Crippen molar-refractivity contribution in [2.24, 2.45) is 5.92 Å². The molecule has 2 aromatic heterocycles. The third-order valence-corrected chi connectivity index (χ3v) is 11.3. The largest absolute Gasteiger partial charge is 0.495 e. The van der Waals surface area contributed by atoms with Crippen LogP contribution < -0.4 is 20.3 Å².